The fourth-order valence-electron chi connectivity index (χ4n) is 2.10. The van der Waals surface area contributed by atoms with Crippen LogP contribution in [0.1, 0.15) is 37.8 Å². The van der Waals surface area contributed by atoms with Gasteiger partial charge < -0.3 is 10.5 Å². The summed E-state index contributed by atoms with van der Waals surface area (Å²) in [5.74, 6) is 0.809. The molecule has 0 saturated carbocycles. The summed E-state index contributed by atoms with van der Waals surface area (Å²) < 4.78 is 5.46. The fraction of sp³-hybridized carbons (Fsp3) is 0.263. The highest BCUT2D eigenvalue weighted by Gasteiger charge is 2.04. The number of amides is 1. The Morgan fingerprint density at radius 1 is 1.21 bits per heavy atom. The van der Waals surface area contributed by atoms with Gasteiger partial charge in [-0.1, -0.05) is 38.1 Å². The predicted molar refractivity (Wildman–Crippen MR) is 97.2 cm³/mol. The number of nitrogens with two attached hydrogens (primary N) is 1. The summed E-state index contributed by atoms with van der Waals surface area (Å²) in [7, 11) is 0. The molecule has 5 nitrogen and oxygen atoms in total. The zero-order valence-corrected chi connectivity index (χ0v) is 14.2. The molecule has 3 N–H and O–H groups in total. The van der Waals surface area contributed by atoms with E-state index in [1.165, 1.54) is 5.56 Å². The zero-order chi connectivity index (χ0) is 17.5. The van der Waals surface area contributed by atoms with Crippen molar-refractivity contribution in [3.05, 3.63) is 59.7 Å². The lowest BCUT2D eigenvalue weighted by atomic mass is 10.0. The van der Waals surface area contributed by atoms with Crippen molar-refractivity contribution in [2.45, 2.75) is 26.7 Å². The second-order valence-electron chi connectivity index (χ2n) is 5.87. The molecule has 0 atom stereocenters. The Balaban J connectivity index is 1.85. The lowest BCUT2D eigenvalue weighted by molar-refractivity contribution is -0.123. The summed E-state index contributed by atoms with van der Waals surface area (Å²) in [5.41, 5.74) is 11.6. The highest BCUT2D eigenvalue weighted by Crippen LogP contribution is 2.18. The molecule has 0 aliphatic carbocycles. The maximum Gasteiger partial charge on any atom is 0.277 e. The molecule has 0 fully saturated rings. The van der Waals surface area contributed by atoms with Gasteiger partial charge in [0.05, 0.1) is 5.71 Å². The number of nitrogens with one attached hydrogen (secondary N) is 1. The van der Waals surface area contributed by atoms with Gasteiger partial charge in [0.25, 0.3) is 5.91 Å². The average Bonchev–Trinajstić information content (AvgIpc) is 2.58. The number of carbonyl (C=O) groups excluding carboxylic acids is 1. The molecule has 0 bridgehead atoms. The first kappa shape index (κ1) is 17.5. The van der Waals surface area contributed by atoms with Crippen LogP contribution in [-0.4, -0.2) is 18.2 Å². The van der Waals surface area contributed by atoms with E-state index in [4.69, 9.17) is 10.5 Å². The van der Waals surface area contributed by atoms with Crippen LogP contribution in [0, 0.1) is 0 Å². The van der Waals surface area contributed by atoms with E-state index in [2.05, 4.69) is 24.4 Å². The van der Waals surface area contributed by atoms with Crippen LogP contribution in [0.2, 0.25) is 0 Å². The minimum atomic E-state index is -0.314. The van der Waals surface area contributed by atoms with Gasteiger partial charge in [-0.15, -0.1) is 0 Å². The summed E-state index contributed by atoms with van der Waals surface area (Å²) in [5, 5.41) is 4.07. The van der Waals surface area contributed by atoms with Gasteiger partial charge in [0.1, 0.15) is 5.75 Å². The number of nitrogen functional groups attached to an aromatic ring is 1. The molecule has 24 heavy (non-hydrogen) atoms. The molecular formula is C19H23N3O2. The molecule has 2 aromatic carbocycles. The molecule has 0 radical (unpaired) electrons. The van der Waals surface area contributed by atoms with E-state index >= 15 is 0 Å². The van der Waals surface area contributed by atoms with Crippen molar-refractivity contribution in [3.8, 4) is 5.75 Å². The van der Waals surface area contributed by atoms with Gasteiger partial charge in [0, 0.05) is 5.69 Å². The third-order valence-electron chi connectivity index (χ3n) is 3.57. The lowest BCUT2D eigenvalue weighted by Gasteiger charge is -2.08. The number of nitrogens with zero attached hydrogens (tertiary/aromatic N) is 1. The molecule has 0 saturated heterocycles. The Hall–Kier alpha value is -2.82. The Labute approximate surface area is 142 Å². The first-order chi connectivity index (χ1) is 11.5. The highest BCUT2D eigenvalue weighted by molar-refractivity contribution is 5.99. The second-order valence-corrected chi connectivity index (χ2v) is 5.87. The topological polar surface area (TPSA) is 76.7 Å². The third-order valence-corrected chi connectivity index (χ3v) is 3.57. The molecule has 0 spiro atoms. The first-order valence-corrected chi connectivity index (χ1v) is 7.87. The van der Waals surface area contributed by atoms with Crippen LogP contribution >= 0.6 is 0 Å². The van der Waals surface area contributed by atoms with E-state index in [9.17, 15) is 4.79 Å². The van der Waals surface area contributed by atoms with Crippen molar-refractivity contribution < 1.29 is 9.53 Å². The van der Waals surface area contributed by atoms with Crippen molar-refractivity contribution in [1.82, 2.24) is 5.43 Å². The minimum Gasteiger partial charge on any atom is -0.484 e. The molecular weight excluding hydrogens is 302 g/mol. The van der Waals surface area contributed by atoms with Crippen LogP contribution in [0.4, 0.5) is 5.69 Å². The predicted octanol–water partition coefficient (Wildman–Crippen LogP) is 3.31. The maximum atomic E-state index is 11.8. The number of hydrogen-bond acceptors (Lipinski definition) is 4. The van der Waals surface area contributed by atoms with Crippen molar-refractivity contribution in [3.63, 3.8) is 0 Å². The normalized spacial score (nSPS) is 11.4. The number of benzene rings is 2. The smallest absolute Gasteiger partial charge is 0.277 e. The van der Waals surface area contributed by atoms with Gasteiger partial charge in [-0.05, 0) is 48.2 Å². The first-order valence-electron chi connectivity index (χ1n) is 7.87. The van der Waals surface area contributed by atoms with Crippen LogP contribution in [-0.2, 0) is 4.79 Å². The minimum absolute atomic E-state index is 0.0886. The monoisotopic (exact) mass is 325 g/mol. The Bertz CT molecular complexity index is 722. The molecule has 0 aliphatic rings. The number of ether oxygens (including phenoxy) is 1. The Kier molecular flexibility index (Phi) is 5.95. The third kappa shape index (κ3) is 5.12. The van der Waals surface area contributed by atoms with Gasteiger partial charge in [0.15, 0.2) is 6.61 Å². The summed E-state index contributed by atoms with van der Waals surface area (Å²) in [4.78, 5) is 11.8. The van der Waals surface area contributed by atoms with Gasteiger partial charge in [-0.25, -0.2) is 5.43 Å². The Morgan fingerprint density at radius 3 is 2.54 bits per heavy atom. The van der Waals surface area contributed by atoms with Crippen molar-refractivity contribution in [1.29, 1.82) is 0 Å². The number of rotatable bonds is 6. The van der Waals surface area contributed by atoms with Crippen LogP contribution in [0.3, 0.4) is 0 Å². The maximum absolute atomic E-state index is 11.8. The molecule has 1 amide bonds. The van der Waals surface area contributed by atoms with E-state index in [1.807, 2.05) is 36.4 Å². The van der Waals surface area contributed by atoms with Crippen LogP contribution in [0.25, 0.3) is 0 Å². The van der Waals surface area contributed by atoms with E-state index in [1.54, 1.807) is 19.1 Å². The average molecular weight is 325 g/mol. The molecule has 126 valence electrons. The van der Waals surface area contributed by atoms with E-state index < -0.39 is 0 Å². The van der Waals surface area contributed by atoms with Crippen LogP contribution in [0.15, 0.2) is 53.6 Å². The number of carbonyl (C=O) groups is 1. The van der Waals surface area contributed by atoms with Crippen molar-refractivity contribution in [2.24, 2.45) is 5.10 Å². The number of hydrogen-bond donors (Lipinski definition) is 2. The molecule has 0 unspecified atom stereocenters. The number of hydrazone groups is 1. The van der Waals surface area contributed by atoms with Crippen molar-refractivity contribution in [2.75, 3.05) is 12.3 Å². The summed E-state index contributed by atoms with van der Waals surface area (Å²) in [6, 6.07) is 15.1. The van der Waals surface area contributed by atoms with E-state index in [-0.39, 0.29) is 12.5 Å². The van der Waals surface area contributed by atoms with Crippen LogP contribution in [0.5, 0.6) is 5.75 Å². The van der Waals surface area contributed by atoms with Gasteiger partial charge in [0.2, 0.25) is 0 Å². The Morgan fingerprint density at radius 2 is 1.92 bits per heavy atom. The summed E-state index contributed by atoms with van der Waals surface area (Å²) in [6.07, 6.45) is 0. The molecule has 0 aromatic heterocycles. The van der Waals surface area contributed by atoms with Gasteiger partial charge >= 0.3 is 0 Å². The largest absolute Gasteiger partial charge is 0.484 e. The molecule has 0 heterocycles. The van der Waals surface area contributed by atoms with E-state index in [0.29, 0.717) is 23.1 Å². The zero-order valence-electron chi connectivity index (χ0n) is 14.2. The molecule has 0 aliphatic heterocycles. The summed E-state index contributed by atoms with van der Waals surface area (Å²) in [6.45, 7) is 5.98. The van der Waals surface area contributed by atoms with Crippen molar-refractivity contribution >= 4 is 17.3 Å². The molecule has 2 rings (SSSR count). The van der Waals surface area contributed by atoms with E-state index in [0.717, 1.165) is 5.56 Å². The molecule has 2 aromatic rings. The second kappa shape index (κ2) is 8.15. The fourth-order valence-corrected chi connectivity index (χ4v) is 2.10. The lowest BCUT2D eigenvalue weighted by Crippen LogP contribution is -2.25. The molecule has 5 heteroatoms. The number of anilines is 1. The highest BCUT2D eigenvalue weighted by atomic mass is 16.5. The standard InChI is InChI=1S/C19H23N3O2/c1-13(2)15-7-9-18(10-8-15)24-12-19(23)22-21-14(3)16-5-4-6-17(20)11-16/h4-11,13H,12,20H2,1-3H3,(H,22,23)/b21-14+. The van der Waals surface area contributed by atoms with Gasteiger partial charge in [-0.3, -0.25) is 4.79 Å². The van der Waals surface area contributed by atoms with Crippen LogP contribution < -0.4 is 15.9 Å². The van der Waals surface area contributed by atoms with Gasteiger partial charge in [-0.2, -0.15) is 5.10 Å². The summed E-state index contributed by atoms with van der Waals surface area (Å²) >= 11 is 0. The SMILES string of the molecule is C/C(=N\NC(=O)COc1ccc(C(C)C)cc1)c1cccc(N)c1. The quantitative estimate of drug-likeness (QED) is 0.486.